The van der Waals surface area contributed by atoms with Crippen LogP contribution in [0.2, 0.25) is 0 Å². The molecule has 0 bridgehead atoms. The summed E-state index contributed by atoms with van der Waals surface area (Å²) >= 11 is 0. The molecule has 0 unspecified atom stereocenters. The first-order valence-corrected chi connectivity index (χ1v) is 7.84. The second-order valence-electron chi connectivity index (χ2n) is 4.11. The van der Waals surface area contributed by atoms with Gasteiger partial charge in [-0.15, -0.1) is 0 Å². The molecule has 6 heteroatoms. The van der Waals surface area contributed by atoms with Gasteiger partial charge in [0.25, 0.3) is 0 Å². The van der Waals surface area contributed by atoms with Gasteiger partial charge >= 0.3 is 5.97 Å². The van der Waals surface area contributed by atoms with Gasteiger partial charge in [-0.25, -0.2) is 8.42 Å². The lowest BCUT2D eigenvalue weighted by molar-refractivity contribution is -0.145. The van der Waals surface area contributed by atoms with E-state index in [-0.39, 0.29) is 11.5 Å². The minimum atomic E-state index is -2.96. The van der Waals surface area contributed by atoms with E-state index in [2.05, 4.69) is 5.32 Å². The molecular weight excluding hydrogens is 242 g/mol. The van der Waals surface area contributed by atoms with Crippen LogP contribution in [0.3, 0.4) is 0 Å². The number of carboxylic acid groups (broad SMARTS) is 1. The van der Waals surface area contributed by atoms with Gasteiger partial charge in [-0.1, -0.05) is 20.8 Å². The molecule has 0 saturated carbocycles. The highest BCUT2D eigenvalue weighted by molar-refractivity contribution is 7.91. The van der Waals surface area contributed by atoms with E-state index in [0.29, 0.717) is 25.8 Å². The summed E-state index contributed by atoms with van der Waals surface area (Å²) in [4.78, 5) is 11.2. The zero-order valence-electron chi connectivity index (χ0n) is 10.8. The van der Waals surface area contributed by atoms with Gasteiger partial charge in [0, 0.05) is 5.75 Å². The zero-order valence-corrected chi connectivity index (χ0v) is 11.6. The molecule has 0 fully saturated rings. The Morgan fingerprint density at radius 2 is 1.76 bits per heavy atom. The first-order valence-electron chi connectivity index (χ1n) is 6.02. The summed E-state index contributed by atoms with van der Waals surface area (Å²) in [6, 6.07) is 0. The second-order valence-corrected chi connectivity index (χ2v) is 6.58. The van der Waals surface area contributed by atoms with E-state index in [1.807, 2.05) is 13.8 Å². The Morgan fingerprint density at radius 1 is 1.24 bits per heavy atom. The molecule has 0 amide bonds. The van der Waals surface area contributed by atoms with E-state index in [4.69, 9.17) is 5.11 Å². The molecule has 0 saturated heterocycles. The number of carboxylic acids is 1. The van der Waals surface area contributed by atoms with Crippen molar-refractivity contribution in [3.63, 3.8) is 0 Å². The highest BCUT2D eigenvalue weighted by Gasteiger charge is 2.33. The van der Waals surface area contributed by atoms with Crippen LogP contribution in [0.25, 0.3) is 0 Å². The average Bonchev–Trinajstić information content (AvgIpc) is 2.29. The van der Waals surface area contributed by atoms with Crippen LogP contribution in [0.1, 0.15) is 40.0 Å². The maximum atomic E-state index is 11.3. The van der Waals surface area contributed by atoms with E-state index >= 15 is 0 Å². The van der Waals surface area contributed by atoms with E-state index in [1.54, 1.807) is 6.92 Å². The fourth-order valence-electron chi connectivity index (χ4n) is 1.64. The average molecular weight is 265 g/mol. The molecule has 17 heavy (non-hydrogen) atoms. The SMILES string of the molecule is CCC(CC)(NCCCS(=O)(=O)CC)C(=O)O. The third-order valence-corrected chi connectivity index (χ3v) is 4.94. The summed E-state index contributed by atoms with van der Waals surface area (Å²) in [6.07, 6.45) is 1.42. The molecule has 0 aliphatic heterocycles. The maximum Gasteiger partial charge on any atom is 0.323 e. The Labute approximate surface area is 104 Å². The molecule has 0 aromatic carbocycles. The van der Waals surface area contributed by atoms with Crippen molar-refractivity contribution in [2.45, 2.75) is 45.6 Å². The van der Waals surface area contributed by atoms with E-state index in [1.165, 1.54) is 0 Å². The molecule has 0 rings (SSSR count). The monoisotopic (exact) mass is 265 g/mol. The molecule has 2 N–H and O–H groups in total. The predicted octanol–water partition coefficient (Wildman–Crippen LogP) is 1.04. The molecule has 0 heterocycles. The van der Waals surface area contributed by atoms with Crippen molar-refractivity contribution < 1.29 is 18.3 Å². The van der Waals surface area contributed by atoms with Crippen molar-refractivity contribution in [3.8, 4) is 0 Å². The smallest absolute Gasteiger partial charge is 0.323 e. The van der Waals surface area contributed by atoms with Crippen molar-refractivity contribution in [2.24, 2.45) is 0 Å². The topological polar surface area (TPSA) is 83.5 Å². The molecule has 102 valence electrons. The number of hydrogen-bond donors (Lipinski definition) is 2. The molecule has 0 aromatic heterocycles. The van der Waals surface area contributed by atoms with Gasteiger partial charge in [-0.2, -0.15) is 0 Å². The van der Waals surface area contributed by atoms with Crippen molar-refractivity contribution in [3.05, 3.63) is 0 Å². The first kappa shape index (κ1) is 16.4. The second kappa shape index (κ2) is 6.96. The Balaban J connectivity index is 4.22. The van der Waals surface area contributed by atoms with Crippen LogP contribution in [0.4, 0.5) is 0 Å². The molecule has 5 nitrogen and oxygen atoms in total. The lowest BCUT2D eigenvalue weighted by atomic mass is 9.93. The molecule has 0 aliphatic carbocycles. The minimum Gasteiger partial charge on any atom is -0.480 e. The molecule has 0 aromatic rings. The summed E-state index contributed by atoms with van der Waals surface area (Å²) in [5.41, 5.74) is -0.921. The van der Waals surface area contributed by atoms with Gasteiger partial charge in [-0.3, -0.25) is 4.79 Å². The zero-order chi connectivity index (χ0) is 13.5. The van der Waals surface area contributed by atoms with Crippen LogP contribution in [0.15, 0.2) is 0 Å². The number of hydrogen-bond acceptors (Lipinski definition) is 4. The summed E-state index contributed by atoms with van der Waals surface area (Å²) in [6.45, 7) is 5.65. The summed E-state index contributed by atoms with van der Waals surface area (Å²) in [5, 5.41) is 12.1. The number of sulfone groups is 1. The van der Waals surface area contributed by atoms with Crippen molar-refractivity contribution in [1.82, 2.24) is 5.32 Å². The van der Waals surface area contributed by atoms with Gasteiger partial charge in [0.05, 0.1) is 5.75 Å². The largest absolute Gasteiger partial charge is 0.480 e. The Morgan fingerprint density at radius 3 is 2.12 bits per heavy atom. The van der Waals surface area contributed by atoms with Crippen LogP contribution >= 0.6 is 0 Å². The Kier molecular flexibility index (Phi) is 6.70. The van der Waals surface area contributed by atoms with Crippen LogP contribution in [-0.4, -0.2) is 43.1 Å². The third kappa shape index (κ3) is 5.04. The number of carbonyl (C=O) groups is 1. The standard InChI is InChI=1S/C11H23NO4S/c1-4-11(5-2,10(13)14)12-8-7-9-17(15,16)6-3/h12H,4-9H2,1-3H3,(H,13,14). The first-order chi connectivity index (χ1) is 7.83. The van der Waals surface area contributed by atoms with Gasteiger partial charge in [-0.05, 0) is 25.8 Å². The minimum absolute atomic E-state index is 0.111. The van der Waals surface area contributed by atoms with Crippen LogP contribution in [0, 0.1) is 0 Å². The highest BCUT2D eigenvalue weighted by atomic mass is 32.2. The van der Waals surface area contributed by atoms with E-state index in [0.717, 1.165) is 0 Å². The summed E-state index contributed by atoms with van der Waals surface area (Å²) < 4.78 is 22.5. The summed E-state index contributed by atoms with van der Waals surface area (Å²) in [7, 11) is -2.96. The maximum absolute atomic E-state index is 11.3. The molecule has 0 spiro atoms. The molecule has 0 radical (unpaired) electrons. The number of nitrogens with one attached hydrogen (secondary N) is 1. The van der Waals surface area contributed by atoms with Crippen molar-refractivity contribution in [1.29, 1.82) is 0 Å². The molecule has 0 atom stereocenters. The van der Waals surface area contributed by atoms with Gasteiger partial charge in [0.1, 0.15) is 15.4 Å². The van der Waals surface area contributed by atoms with Crippen molar-refractivity contribution in [2.75, 3.05) is 18.1 Å². The highest BCUT2D eigenvalue weighted by Crippen LogP contribution is 2.15. The fourth-order valence-corrected chi connectivity index (χ4v) is 2.51. The lowest BCUT2D eigenvalue weighted by Crippen LogP contribution is -2.51. The fraction of sp³-hybridized carbons (Fsp3) is 0.909. The quantitative estimate of drug-likeness (QED) is 0.609. The number of aliphatic carboxylic acids is 1. The van der Waals surface area contributed by atoms with Gasteiger partial charge in [0.2, 0.25) is 0 Å². The lowest BCUT2D eigenvalue weighted by Gasteiger charge is -2.28. The van der Waals surface area contributed by atoms with Crippen molar-refractivity contribution >= 4 is 15.8 Å². The normalized spacial score (nSPS) is 12.6. The van der Waals surface area contributed by atoms with E-state index in [9.17, 15) is 13.2 Å². The van der Waals surface area contributed by atoms with Crippen LogP contribution in [-0.2, 0) is 14.6 Å². The van der Waals surface area contributed by atoms with Gasteiger partial charge < -0.3 is 10.4 Å². The molecular formula is C11H23NO4S. The number of rotatable bonds is 9. The summed E-state index contributed by atoms with van der Waals surface area (Å²) in [5.74, 6) is -0.626. The van der Waals surface area contributed by atoms with E-state index < -0.39 is 21.3 Å². The molecule has 0 aliphatic rings. The third-order valence-electron chi connectivity index (χ3n) is 3.15. The van der Waals surface area contributed by atoms with Gasteiger partial charge in [0.15, 0.2) is 0 Å². The van der Waals surface area contributed by atoms with Crippen LogP contribution < -0.4 is 5.32 Å². The Bertz CT molecular complexity index is 333. The predicted molar refractivity (Wildman–Crippen MR) is 67.9 cm³/mol. The van der Waals surface area contributed by atoms with Crippen LogP contribution in [0.5, 0.6) is 0 Å². The Hall–Kier alpha value is -0.620.